The molecule has 0 aromatic heterocycles. The number of unbranched alkanes of at least 4 members (excludes halogenated alkanes) is 3. The topological polar surface area (TPSA) is 20.2 Å². The summed E-state index contributed by atoms with van der Waals surface area (Å²) in [6, 6.07) is 21.6. The van der Waals surface area contributed by atoms with E-state index in [0.717, 1.165) is 12.0 Å². The third kappa shape index (κ3) is 7.43. The molecule has 0 unspecified atom stereocenters. The van der Waals surface area contributed by atoms with Crippen LogP contribution in [0.15, 0.2) is 60.7 Å². The fourth-order valence-electron chi connectivity index (χ4n) is 4.94. The molecule has 0 bridgehead atoms. The van der Waals surface area contributed by atoms with Gasteiger partial charge in [0.25, 0.3) is 0 Å². The van der Waals surface area contributed by atoms with Crippen molar-refractivity contribution in [2.45, 2.75) is 89.1 Å². The third-order valence-electron chi connectivity index (χ3n) is 6.67. The van der Waals surface area contributed by atoms with Gasteiger partial charge in [-0.3, -0.25) is 0 Å². The molecule has 0 spiro atoms. The van der Waals surface area contributed by atoms with Gasteiger partial charge in [0.15, 0.2) is 0 Å². The predicted octanol–water partition coefficient (Wildman–Crippen LogP) is 8.28. The Labute approximate surface area is 183 Å². The Kier molecular flexibility index (Phi) is 11.4. The molecule has 2 rings (SSSR count). The van der Waals surface area contributed by atoms with E-state index in [9.17, 15) is 5.11 Å². The van der Waals surface area contributed by atoms with Crippen molar-refractivity contribution < 1.29 is 5.11 Å². The molecule has 2 atom stereocenters. The Morgan fingerprint density at radius 2 is 1.07 bits per heavy atom. The van der Waals surface area contributed by atoms with Gasteiger partial charge in [-0.15, -0.1) is 0 Å². The molecule has 2 heteroatoms. The zero-order valence-corrected chi connectivity index (χ0v) is 21.8. The second kappa shape index (κ2) is 13.5. The zero-order chi connectivity index (χ0) is 21.0. The molecule has 29 heavy (non-hydrogen) atoms. The summed E-state index contributed by atoms with van der Waals surface area (Å²) in [4.78, 5) is 0. The Hall–Kier alpha value is -0.801. The van der Waals surface area contributed by atoms with Crippen molar-refractivity contribution in [2.24, 2.45) is 0 Å². The number of aliphatic hydroxyl groups excluding tert-OH is 1. The van der Waals surface area contributed by atoms with Gasteiger partial charge in [-0.1, -0.05) is 0 Å². The molecule has 0 saturated carbocycles. The van der Waals surface area contributed by atoms with E-state index in [-0.39, 0.29) is 6.10 Å². The van der Waals surface area contributed by atoms with Gasteiger partial charge in [-0.25, -0.2) is 0 Å². The van der Waals surface area contributed by atoms with E-state index >= 15 is 0 Å². The van der Waals surface area contributed by atoms with Gasteiger partial charge >= 0.3 is 184 Å². The molecule has 0 radical (unpaired) electrons. The number of hydrogen-bond acceptors (Lipinski definition) is 1. The standard InChI is InChI=1S/C15H15O.3C4H9.Sn/c16-15(14-9-5-2-6-10-14)12-11-13-7-3-1-4-8-13;3*1-3-4-2;/h1-11,15-16H,12H2;3*1,3-4H2,2H3;/t15-;;;;/m1..../s1. The number of rotatable bonds is 14. The van der Waals surface area contributed by atoms with E-state index in [4.69, 9.17) is 0 Å². The van der Waals surface area contributed by atoms with Crippen LogP contribution in [0.25, 0.3) is 0 Å². The quantitative estimate of drug-likeness (QED) is 0.258. The van der Waals surface area contributed by atoms with Crippen LogP contribution in [0.4, 0.5) is 0 Å². The molecule has 0 aliphatic carbocycles. The van der Waals surface area contributed by atoms with E-state index in [2.05, 4.69) is 75.4 Å². The van der Waals surface area contributed by atoms with E-state index in [1.807, 2.05) is 6.07 Å². The fourth-order valence-corrected chi connectivity index (χ4v) is 23.8. The monoisotopic (exact) mass is 502 g/mol. The maximum atomic E-state index is 11.2. The predicted molar refractivity (Wildman–Crippen MR) is 130 cm³/mol. The summed E-state index contributed by atoms with van der Waals surface area (Å²) in [5, 5.41) is 11.2. The summed E-state index contributed by atoms with van der Waals surface area (Å²) in [6.45, 7) is 7.02. The van der Waals surface area contributed by atoms with Gasteiger partial charge < -0.3 is 0 Å². The molecular weight excluding hydrogens is 459 g/mol. The summed E-state index contributed by atoms with van der Waals surface area (Å²) in [5.41, 5.74) is 2.58. The van der Waals surface area contributed by atoms with Crippen molar-refractivity contribution in [2.75, 3.05) is 0 Å². The minimum absolute atomic E-state index is 0.359. The van der Waals surface area contributed by atoms with Crippen LogP contribution in [-0.2, 0) is 0 Å². The van der Waals surface area contributed by atoms with E-state index in [1.54, 1.807) is 0 Å². The summed E-state index contributed by atoms with van der Waals surface area (Å²) < 4.78 is 5.04. The first-order valence-corrected chi connectivity index (χ1v) is 19.6. The molecule has 0 aliphatic rings. The van der Waals surface area contributed by atoms with Gasteiger partial charge in [0.05, 0.1) is 0 Å². The average Bonchev–Trinajstić information content (AvgIpc) is 2.78. The summed E-state index contributed by atoms with van der Waals surface area (Å²) in [7, 11) is 0. The molecule has 0 saturated heterocycles. The van der Waals surface area contributed by atoms with Crippen LogP contribution in [0.2, 0.25) is 13.3 Å². The Bertz CT molecular complexity index is 633. The van der Waals surface area contributed by atoms with Crippen LogP contribution in [0.1, 0.15) is 86.9 Å². The third-order valence-corrected chi connectivity index (χ3v) is 24.1. The number of hydrogen-bond donors (Lipinski definition) is 1. The van der Waals surface area contributed by atoms with Crippen molar-refractivity contribution in [3.8, 4) is 0 Å². The molecule has 0 aliphatic heterocycles. The Morgan fingerprint density at radius 3 is 1.48 bits per heavy atom. The Balaban J connectivity index is 2.43. The van der Waals surface area contributed by atoms with Crippen molar-refractivity contribution in [1.29, 1.82) is 0 Å². The summed E-state index contributed by atoms with van der Waals surface area (Å²) in [6.07, 6.45) is 8.53. The van der Waals surface area contributed by atoms with Gasteiger partial charge in [-0.05, 0) is 0 Å². The minimum atomic E-state index is -2.54. The van der Waals surface area contributed by atoms with Crippen molar-refractivity contribution >= 4 is 18.4 Å². The summed E-state index contributed by atoms with van der Waals surface area (Å²) in [5.74, 6) is 0. The molecule has 0 heterocycles. The maximum absolute atomic E-state index is 11.2. The average molecular weight is 501 g/mol. The van der Waals surface area contributed by atoms with Crippen LogP contribution in [0, 0.1) is 0 Å². The first-order valence-electron chi connectivity index (χ1n) is 11.9. The van der Waals surface area contributed by atoms with E-state index < -0.39 is 18.4 Å². The molecular formula is C27H42OSn. The fraction of sp³-hybridized carbons (Fsp3) is 0.556. The van der Waals surface area contributed by atoms with E-state index in [0.29, 0.717) is 3.93 Å². The molecule has 2 aromatic carbocycles. The van der Waals surface area contributed by atoms with Crippen LogP contribution in [0.5, 0.6) is 0 Å². The first kappa shape index (κ1) is 24.5. The second-order valence-electron chi connectivity index (χ2n) is 8.80. The molecule has 0 fully saturated rings. The van der Waals surface area contributed by atoms with Gasteiger partial charge in [0.2, 0.25) is 0 Å². The van der Waals surface area contributed by atoms with Gasteiger partial charge in [-0.2, -0.15) is 0 Å². The van der Waals surface area contributed by atoms with Crippen LogP contribution >= 0.6 is 0 Å². The SMILES string of the molecule is CCC[CH2][Sn]([CH2]CCC)([CH2]CCC)[C@H](C[C@@H](O)c1ccccc1)c1ccccc1. The van der Waals surface area contributed by atoms with Gasteiger partial charge in [0.1, 0.15) is 0 Å². The molecule has 160 valence electrons. The molecule has 1 N–H and O–H groups in total. The van der Waals surface area contributed by atoms with Crippen LogP contribution in [-0.4, -0.2) is 23.5 Å². The molecule has 0 amide bonds. The number of aliphatic hydroxyl groups is 1. The second-order valence-corrected chi connectivity index (χ2v) is 22.8. The van der Waals surface area contributed by atoms with Gasteiger partial charge in [0, 0.05) is 0 Å². The first-order chi connectivity index (χ1) is 14.2. The molecule has 1 nitrogen and oxygen atoms in total. The molecule has 2 aromatic rings. The summed E-state index contributed by atoms with van der Waals surface area (Å²) >= 11 is -2.54. The number of benzene rings is 2. The Morgan fingerprint density at radius 1 is 0.655 bits per heavy atom. The van der Waals surface area contributed by atoms with Crippen molar-refractivity contribution in [1.82, 2.24) is 0 Å². The van der Waals surface area contributed by atoms with Crippen molar-refractivity contribution in [3.05, 3.63) is 71.8 Å². The normalized spacial score (nSPS) is 13.9. The van der Waals surface area contributed by atoms with Crippen LogP contribution in [0.3, 0.4) is 0 Å². The van der Waals surface area contributed by atoms with Crippen molar-refractivity contribution in [3.63, 3.8) is 0 Å². The van der Waals surface area contributed by atoms with Crippen LogP contribution < -0.4 is 0 Å². The zero-order valence-electron chi connectivity index (χ0n) is 18.9. The van der Waals surface area contributed by atoms with E-state index in [1.165, 1.54) is 57.4 Å².